The Morgan fingerprint density at radius 2 is 2.15 bits per heavy atom. The first-order valence-electron chi connectivity index (χ1n) is 3.76. The van der Waals surface area contributed by atoms with Gasteiger partial charge >= 0.3 is 0 Å². The van der Waals surface area contributed by atoms with Crippen LogP contribution in [0.1, 0.15) is 22.3 Å². The van der Waals surface area contributed by atoms with Gasteiger partial charge in [0.05, 0.1) is 6.54 Å². The fourth-order valence-electron chi connectivity index (χ4n) is 0.966. The van der Waals surface area contributed by atoms with Crippen molar-refractivity contribution in [2.75, 3.05) is 6.54 Å². The average molecular weight is 185 g/mol. The van der Waals surface area contributed by atoms with Crippen molar-refractivity contribution in [3.8, 4) is 0 Å². The molecule has 2 N–H and O–H groups in total. The van der Waals surface area contributed by atoms with Crippen LogP contribution in [-0.2, 0) is 0 Å². The summed E-state index contributed by atoms with van der Waals surface area (Å²) in [6.45, 7) is -0.160. The second kappa shape index (κ2) is 4.09. The summed E-state index contributed by atoms with van der Waals surface area (Å²) in [5.41, 5.74) is 5.18. The number of halogens is 2. The molecule has 0 aromatic heterocycles. The second-order valence-electron chi connectivity index (χ2n) is 2.55. The molecule has 0 aliphatic carbocycles. The Labute approximate surface area is 74.4 Å². The predicted octanol–water partition coefficient (Wildman–Crippen LogP) is 1.77. The third-order valence-electron chi connectivity index (χ3n) is 1.65. The van der Waals surface area contributed by atoms with Crippen molar-refractivity contribution >= 4 is 5.78 Å². The molecular formula is C9H9F2NO. The summed E-state index contributed by atoms with van der Waals surface area (Å²) in [4.78, 5) is 11.0. The van der Waals surface area contributed by atoms with Crippen LogP contribution in [0.4, 0.5) is 8.78 Å². The fourth-order valence-corrected chi connectivity index (χ4v) is 0.966. The van der Waals surface area contributed by atoms with Crippen LogP contribution in [0.15, 0.2) is 24.3 Å². The highest BCUT2D eigenvalue weighted by Gasteiger charge is 2.09. The quantitative estimate of drug-likeness (QED) is 0.729. The Hall–Kier alpha value is -1.29. The number of alkyl halides is 2. The minimum atomic E-state index is -2.55. The smallest absolute Gasteiger partial charge is 0.263 e. The zero-order chi connectivity index (χ0) is 9.84. The lowest BCUT2D eigenvalue weighted by Crippen LogP contribution is -2.13. The number of rotatable bonds is 3. The standard InChI is InChI=1S/C9H9F2NO/c10-9(11)7-3-1-2-6(4-7)8(13)5-12/h1-4,9H,5,12H2. The van der Waals surface area contributed by atoms with Crippen LogP contribution in [0.2, 0.25) is 0 Å². The van der Waals surface area contributed by atoms with E-state index in [2.05, 4.69) is 0 Å². The Bertz CT molecular complexity index is 312. The topological polar surface area (TPSA) is 43.1 Å². The SMILES string of the molecule is NCC(=O)c1cccc(C(F)F)c1. The Morgan fingerprint density at radius 3 is 2.69 bits per heavy atom. The van der Waals surface area contributed by atoms with Gasteiger partial charge in [0.15, 0.2) is 5.78 Å². The summed E-state index contributed by atoms with van der Waals surface area (Å²) in [5, 5.41) is 0. The predicted molar refractivity (Wildman–Crippen MR) is 44.8 cm³/mol. The molecule has 0 unspecified atom stereocenters. The summed E-state index contributed by atoms with van der Waals surface area (Å²) in [6.07, 6.45) is -2.55. The third-order valence-corrected chi connectivity index (χ3v) is 1.65. The number of carbonyl (C=O) groups is 1. The molecule has 0 saturated carbocycles. The highest BCUT2D eigenvalue weighted by molar-refractivity contribution is 5.97. The van der Waals surface area contributed by atoms with E-state index in [1.165, 1.54) is 24.3 Å². The molecular weight excluding hydrogens is 176 g/mol. The van der Waals surface area contributed by atoms with Gasteiger partial charge in [-0.15, -0.1) is 0 Å². The number of hydrogen-bond donors (Lipinski definition) is 1. The largest absolute Gasteiger partial charge is 0.324 e. The molecule has 4 heteroatoms. The molecule has 0 aliphatic heterocycles. The Morgan fingerprint density at radius 1 is 1.46 bits per heavy atom. The van der Waals surface area contributed by atoms with E-state index in [-0.39, 0.29) is 23.5 Å². The van der Waals surface area contributed by atoms with E-state index in [0.717, 1.165) is 0 Å². The van der Waals surface area contributed by atoms with E-state index >= 15 is 0 Å². The molecule has 1 rings (SSSR count). The lowest BCUT2D eigenvalue weighted by atomic mass is 10.1. The van der Waals surface area contributed by atoms with E-state index in [1.54, 1.807) is 0 Å². The minimum absolute atomic E-state index is 0.153. The van der Waals surface area contributed by atoms with Gasteiger partial charge in [-0.2, -0.15) is 0 Å². The number of nitrogens with two attached hydrogens (primary N) is 1. The maximum Gasteiger partial charge on any atom is 0.263 e. The molecule has 0 heterocycles. The minimum Gasteiger partial charge on any atom is -0.324 e. The molecule has 0 fully saturated rings. The molecule has 1 aromatic rings. The maximum atomic E-state index is 12.2. The first-order chi connectivity index (χ1) is 6.15. The van der Waals surface area contributed by atoms with E-state index < -0.39 is 6.43 Å². The molecule has 0 saturated heterocycles. The molecule has 0 amide bonds. The van der Waals surface area contributed by atoms with E-state index in [4.69, 9.17) is 5.73 Å². The number of ketones is 1. The first kappa shape index (κ1) is 9.80. The van der Waals surface area contributed by atoms with Crippen molar-refractivity contribution in [2.24, 2.45) is 5.73 Å². The van der Waals surface area contributed by atoms with Gasteiger partial charge in [-0.05, 0) is 6.07 Å². The number of Topliss-reactive ketones (excluding diaryl/α,β-unsaturated/α-hetero) is 1. The first-order valence-corrected chi connectivity index (χ1v) is 3.76. The van der Waals surface area contributed by atoms with E-state index in [1.807, 2.05) is 0 Å². The van der Waals surface area contributed by atoms with Gasteiger partial charge in [0.1, 0.15) is 0 Å². The Balaban J connectivity index is 2.98. The lowest BCUT2D eigenvalue weighted by Gasteiger charge is -2.01. The van der Waals surface area contributed by atoms with Crippen LogP contribution in [0.25, 0.3) is 0 Å². The fraction of sp³-hybridized carbons (Fsp3) is 0.222. The van der Waals surface area contributed by atoms with Gasteiger partial charge in [-0.3, -0.25) is 4.79 Å². The lowest BCUT2D eigenvalue weighted by molar-refractivity contribution is 0.100. The van der Waals surface area contributed by atoms with Crippen molar-refractivity contribution in [1.82, 2.24) is 0 Å². The van der Waals surface area contributed by atoms with Crippen LogP contribution in [0.3, 0.4) is 0 Å². The summed E-state index contributed by atoms with van der Waals surface area (Å²) >= 11 is 0. The molecule has 0 spiro atoms. The molecule has 70 valence electrons. The molecule has 13 heavy (non-hydrogen) atoms. The van der Waals surface area contributed by atoms with Crippen LogP contribution >= 0.6 is 0 Å². The van der Waals surface area contributed by atoms with Crippen LogP contribution in [-0.4, -0.2) is 12.3 Å². The van der Waals surface area contributed by atoms with Gasteiger partial charge in [-0.1, -0.05) is 18.2 Å². The number of hydrogen-bond acceptors (Lipinski definition) is 2. The van der Waals surface area contributed by atoms with Gasteiger partial charge in [0.25, 0.3) is 6.43 Å². The molecule has 2 nitrogen and oxygen atoms in total. The monoisotopic (exact) mass is 185 g/mol. The Kier molecular flexibility index (Phi) is 3.08. The van der Waals surface area contributed by atoms with E-state index in [0.29, 0.717) is 0 Å². The van der Waals surface area contributed by atoms with Gasteiger partial charge in [0, 0.05) is 11.1 Å². The van der Waals surface area contributed by atoms with Crippen LogP contribution in [0, 0.1) is 0 Å². The van der Waals surface area contributed by atoms with Crippen LogP contribution in [0.5, 0.6) is 0 Å². The molecule has 0 radical (unpaired) electrons. The number of carbonyl (C=O) groups excluding carboxylic acids is 1. The van der Waals surface area contributed by atoms with Crippen molar-refractivity contribution in [3.63, 3.8) is 0 Å². The zero-order valence-corrected chi connectivity index (χ0v) is 6.84. The maximum absolute atomic E-state index is 12.2. The summed E-state index contributed by atoms with van der Waals surface area (Å²) in [6, 6.07) is 5.34. The molecule has 0 bridgehead atoms. The van der Waals surface area contributed by atoms with Crippen molar-refractivity contribution in [1.29, 1.82) is 0 Å². The van der Waals surface area contributed by atoms with Gasteiger partial charge in [0.2, 0.25) is 0 Å². The molecule has 0 aliphatic rings. The third kappa shape index (κ3) is 2.32. The second-order valence-corrected chi connectivity index (χ2v) is 2.55. The van der Waals surface area contributed by atoms with Crippen molar-refractivity contribution in [2.45, 2.75) is 6.43 Å². The highest BCUT2D eigenvalue weighted by Crippen LogP contribution is 2.19. The summed E-state index contributed by atoms with van der Waals surface area (Å²) in [5.74, 6) is -0.331. The zero-order valence-electron chi connectivity index (χ0n) is 6.84. The molecule has 0 atom stereocenters. The van der Waals surface area contributed by atoms with Crippen molar-refractivity contribution < 1.29 is 13.6 Å². The van der Waals surface area contributed by atoms with E-state index in [9.17, 15) is 13.6 Å². The van der Waals surface area contributed by atoms with Crippen molar-refractivity contribution in [3.05, 3.63) is 35.4 Å². The normalized spacial score (nSPS) is 10.5. The average Bonchev–Trinajstić information content (AvgIpc) is 2.17. The van der Waals surface area contributed by atoms with Gasteiger partial charge < -0.3 is 5.73 Å². The molecule has 1 aromatic carbocycles. The number of benzene rings is 1. The summed E-state index contributed by atoms with van der Waals surface area (Å²) in [7, 11) is 0. The highest BCUT2D eigenvalue weighted by atomic mass is 19.3. The van der Waals surface area contributed by atoms with Gasteiger partial charge in [-0.25, -0.2) is 8.78 Å². The van der Waals surface area contributed by atoms with Crippen LogP contribution < -0.4 is 5.73 Å². The summed E-state index contributed by atoms with van der Waals surface area (Å²) < 4.78 is 24.3.